The lowest BCUT2D eigenvalue weighted by atomic mass is 10.3. The molecule has 130 valence electrons. The minimum absolute atomic E-state index is 0.173. The molecule has 2 aromatic heterocycles. The normalized spacial score (nSPS) is 11.0. The predicted octanol–water partition coefficient (Wildman–Crippen LogP) is 5.69. The number of carbonyl (C=O) groups is 1. The van der Waals surface area contributed by atoms with Gasteiger partial charge in [0.05, 0.1) is 31.5 Å². The molecule has 1 N–H and O–H groups in total. The van der Waals surface area contributed by atoms with Crippen LogP contribution in [0.15, 0.2) is 60.7 Å². The van der Waals surface area contributed by atoms with Crippen LogP contribution in [0, 0.1) is 0 Å². The fraction of sp³-hybridized carbons (Fsp3) is 0.100. The van der Waals surface area contributed by atoms with Crippen molar-refractivity contribution in [2.45, 2.75) is 13.5 Å². The first-order valence-electron chi connectivity index (χ1n) is 8.28. The molecule has 26 heavy (non-hydrogen) atoms. The van der Waals surface area contributed by atoms with Crippen LogP contribution in [0.2, 0.25) is 5.02 Å². The van der Waals surface area contributed by atoms with E-state index in [1.165, 1.54) is 11.3 Å². The van der Waals surface area contributed by atoms with Crippen molar-refractivity contribution in [1.29, 1.82) is 0 Å². The molecule has 0 radical (unpaired) electrons. The SMILES string of the molecule is CCn1c(-c2ccc(C(=O)Nc3ccccc3Cl)s2)nc2ccccc21. The van der Waals surface area contributed by atoms with Crippen molar-refractivity contribution in [2.75, 3.05) is 5.32 Å². The minimum atomic E-state index is -0.173. The lowest BCUT2D eigenvalue weighted by Gasteiger charge is -2.05. The molecule has 2 heterocycles. The number of halogens is 1. The zero-order valence-electron chi connectivity index (χ0n) is 14.1. The molecular weight excluding hydrogens is 366 g/mol. The Morgan fingerprint density at radius 2 is 1.88 bits per heavy atom. The molecule has 0 atom stereocenters. The number of benzene rings is 2. The van der Waals surface area contributed by atoms with Crippen LogP contribution in [0.3, 0.4) is 0 Å². The van der Waals surface area contributed by atoms with Crippen molar-refractivity contribution in [3.8, 4) is 10.7 Å². The second-order valence-corrected chi connectivity index (χ2v) is 7.26. The summed E-state index contributed by atoms with van der Waals surface area (Å²) in [4.78, 5) is 18.9. The van der Waals surface area contributed by atoms with Crippen molar-refractivity contribution in [1.82, 2.24) is 9.55 Å². The van der Waals surface area contributed by atoms with Gasteiger partial charge in [-0.1, -0.05) is 35.9 Å². The number of rotatable bonds is 4. The highest BCUT2D eigenvalue weighted by Crippen LogP contribution is 2.31. The lowest BCUT2D eigenvalue weighted by Crippen LogP contribution is -2.10. The van der Waals surface area contributed by atoms with Crippen LogP contribution in [0.1, 0.15) is 16.6 Å². The zero-order valence-corrected chi connectivity index (χ0v) is 15.6. The van der Waals surface area contributed by atoms with Crippen LogP contribution < -0.4 is 5.32 Å². The van der Waals surface area contributed by atoms with Gasteiger partial charge in [0.2, 0.25) is 0 Å². The van der Waals surface area contributed by atoms with Gasteiger partial charge in [0.15, 0.2) is 5.82 Å². The fourth-order valence-corrected chi connectivity index (χ4v) is 3.99. The number of hydrogen-bond donors (Lipinski definition) is 1. The third-order valence-electron chi connectivity index (χ3n) is 4.14. The number of anilines is 1. The number of para-hydroxylation sites is 3. The maximum absolute atomic E-state index is 12.6. The van der Waals surface area contributed by atoms with Crippen LogP contribution in [0.4, 0.5) is 5.69 Å². The molecule has 0 aliphatic carbocycles. The summed E-state index contributed by atoms with van der Waals surface area (Å²) in [5.41, 5.74) is 2.66. The van der Waals surface area contributed by atoms with Gasteiger partial charge in [0.25, 0.3) is 5.91 Å². The van der Waals surface area contributed by atoms with Crippen molar-refractivity contribution in [2.24, 2.45) is 0 Å². The van der Waals surface area contributed by atoms with E-state index in [9.17, 15) is 4.79 Å². The highest BCUT2D eigenvalue weighted by Gasteiger charge is 2.16. The molecular formula is C20H16ClN3OS. The van der Waals surface area contributed by atoms with E-state index in [-0.39, 0.29) is 5.91 Å². The van der Waals surface area contributed by atoms with Crippen LogP contribution in [-0.4, -0.2) is 15.5 Å². The van der Waals surface area contributed by atoms with Gasteiger partial charge in [0.1, 0.15) is 0 Å². The first kappa shape index (κ1) is 16.8. The van der Waals surface area contributed by atoms with Crippen LogP contribution in [-0.2, 0) is 6.54 Å². The largest absolute Gasteiger partial charge is 0.324 e. The Kier molecular flexibility index (Phi) is 4.49. The summed E-state index contributed by atoms with van der Waals surface area (Å²) >= 11 is 7.54. The molecule has 2 aromatic carbocycles. The van der Waals surface area contributed by atoms with Gasteiger partial charge in [-0.2, -0.15) is 0 Å². The molecule has 0 saturated heterocycles. The van der Waals surface area contributed by atoms with E-state index in [1.54, 1.807) is 12.1 Å². The van der Waals surface area contributed by atoms with Gasteiger partial charge >= 0.3 is 0 Å². The molecule has 0 saturated carbocycles. The highest BCUT2D eigenvalue weighted by atomic mass is 35.5. The van der Waals surface area contributed by atoms with Crippen LogP contribution >= 0.6 is 22.9 Å². The monoisotopic (exact) mass is 381 g/mol. The molecule has 4 nitrogen and oxygen atoms in total. The molecule has 0 aliphatic heterocycles. The van der Waals surface area contributed by atoms with Gasteiger partial charge < -0.3 is 9.88 Å². The third kappa shape index (κ3) is 3.00. The summed E-state index contributed by atoms with van der Waals surface area (Å²) in [6.45, 7) is 2.91. The summed E-state index contributed by atoms with van der Waals surface area (Å²) in [5, 5.41) is 3.38. The number of imidazole rings is 1. The van der Waals surface area contributed by atoms with Gasteiger partial charge in [-0.25, -0.2) is 4.98 Å². The second-order valence-electron chi connectivity index (χ2n) is 5.77. The Morgan fingerprint density at radius 3 is 2.69 bits per heavy atom. The van der Waals surface area contributed by atoms with Crippen LogP contribution in [0.25, 0.3) is 21.7 Å². The van der Waals surface area contributed by atoms with E-state index in [2.05, 4.69) is 22.9 Å². The Labute approximate surface area is 160 Å². The smallest absolute Gasteiger partial charge is 0.265 e. The summed E-state index contributed by atoms with van der Waals surface area (Å²) in [5.74, 6) is 0.712. The Bertz CT molecular complexity index is 1100. The molecule has 1 amide bonds. The molecule has 0 unspecified atom stereocenters. The molecule has 6 heteroatoms. The number of nitrogens with one attached hydrogen (secondary N) is 1. The molecule has 0 aliphatic rings. The topological polar surface area (TPSA) is 46.9 Å². The number of hydrogen-bond acceptors (Lipinski definition) is 3. The summed E-state index contributed by atoms with van der Waals surface area (Å²) < 4.78 is 2.16. The number of fused-ring (bicyclic) bond motifs is 1. The van der Waals surface area contributed by atoms with E-state index < -0.39 is 0 Å². The number of aromatic nitrogens is 2. The molecule has 4 aromatic rings. The summed E-state index contributed by atoms with van der Waals surface area (Å²) in [6.07, 6.45) is 0. The predicted molar refractivity (Wildman–Crippen MR) is 108 cm³/mol. The molecule has 0 bridgehead atoms. The van der Waals surface area contributed by atoms with E-state index in [0.29, 0.717) is 15.6 Å². The van der Waals surface area contributed by atoms with Crippen LogP contribution in [0.5, 0.6) is 0 Å². The quantitative estimate of drug-likeness (QED) is 0.493. The maximum Gasteiger partial charge on any atom is 0.265 e. The van der Waals surface area contributed by atoms with E-state index in [1.807, 2.05) is 42.5 Å². The van der Waals surface area contributed by atoms with Crippen molar-refractivity contribution in [3.63, 3.8) is 0 Å². The van der Waals surface area contributed by atoms with Crippen molar-refractivity contribution in [3.05, 3.63) is 70.6 Å². The van der Waals surface area contributed by atoms with E-state index in [0.717, 1.165) is 28.3 Å². The average Bonchev–Trinajstić information content (AvgIpc) is 3.27. The molecule has 0 fully saturated rings. The number of thiophene rings is 1. The Balaban J connectivity index is 1.66. The summed E-state index contributed by atoms with van der Waals surface area (Å²) in [7, 11) is 0. The van der Waals surface area contributed by atoms with Gasteiger partial charge in [-0.05, 0) is 43.3 Å². The first-order chi connectivity index (χ1) is 12.7. The number of nitrogens with zero attached hydrogens (tertiary/aromatic N) is 2. The standard InChI is InChI=1S/C20H16ClN3OS/c1-2-24-16-10-6-5-9-15(16)22-19(24)17-11-12-18(26-17)20(25)23-14-8-4-3-7-13(14)21/h3-12H,2H2,1H3,(H,23,25). The summed E-state index contributed by atoms with van der Waals surface area (Å²) in [6, 6.07) is 19.0. The number of amides is 1. The highest BCUT2D eigenvalue weighted by molar-refractivity contribution is 7.17. The minimum Gasteiger partial charge on any atom is -0.324 e. The molecule has 0 spiro atoms. The number of aryl methyl sites for hydroxylation is 1. The van der Waals surface area contributed by atoms with Gasteiger partial charge in [0, 0.05) is 6.54 Å². The van der Waals surface area contributed by atoms with Gasteiger partial charge in [-0.3, -0.25) is 4.79 Å². The van der Waals surface area contributed by atoms with Gasteiger partial charge in [-0.15, -0.1) is 11.3 Å². The van der Waals surface area contributed by atoms with Crippen molar-refractivity contribution >= 4 is 45.6 Å². The lowest BCUT2D eigenvalue weighted by molar-refractivity contribution is 0.103. The fourth-order valence-electron chi connectivity index (χ4n) is 2.91. The van der Waals surface area contributed by atoms with Crippen molar-refractivity contribution < 1.29 is 4.79 Å². The first-order valence-corrected chi connectivity index (χ1v) is 9.48. The zero-order chi connectivity index (χ0) is 18.1. The number of carbonyl (C=O) groups excluding carboxylic acids is 1. The maximum atomic E-state index is 12.6. The Morgan fingerprint density at radius 1 is 1.12 bits per heavy atom. The van der Waals surface area contributed by atoms with E-state index in [4.69, 9.17) is 16.6 Å². The average molecular weight is 382 g/mol. The second kappa shape index (κ2) is 6.94. The van der Waals surface area contributed by atoms with E-state index >= 15 is 0 Å². The third-order valence-corrected chi connectivity index (χ3v) is 5.55. The Hall–Kier alpha value is -2.63. The molecule has 4 rings (SSSR count).